The predicted octanol–water partition coefficient (Wildman–Crippen LogP) is -0.182. The maximum absolute atomic E-state index is 12.0. The van der Waals surface area contributed by atoms with Crippen LogP contribution in [0.3, 0.4) is 0 Å². The molecule has 2 rings (SSSR count). The molecule has 8 heteroatoms. The Hall–Kier alpha value is -2.64. The van der Waals surface area contributed by atoms with Crippen molar-refractivity contribution in [1.29, 1.82) is 0 Å². The van der Waals surface area contributed by atoms with Gasteiger partial charge in [-0.3, -0.25) is 4.79 Å². The molecular weight excluding hydrogens is 250 g/mol. The monoisotopic (exact) mass is 263 g/mol. The van der Waals surface area contributed by atoms with Gasteiger partial charge < -0.3 is 15.0 Å². The first-order valence-electron chi connectivity index (χ1n) is 5.57. The number of anilines is 1. The summed E-state index contributed by atoms with van der Waals surface area (Å²) < 4.78 is 7.19. The predicted molar refractivity (Wildman–Crippen MR) is 67.0 cm³/mol. The van der Waals surface area contributed by atoms with Crippen LogP contribution in [0.5, 0.6) is 0 Å². The minimum absolute atomic E-state index is 0.0457. The molecule has 0 saturated carbocycles. The van der Waals surface area contributed by atoms with Crippen molar-refractivity contribution in [1.82, 2.24) is 19.3 Å². The Labute approximate surface area is 108 Å². The number of aromatic nitrogens is 4. The zero-order valence-corrected chi connectivity index (χ0v) is 10.5. The topological polar surface area (TPSA) is 105 Å². The number of ether oxygens (including phenoxy) is 1. The summed E-state index contributed by atoms with van der Waals surface area (Å²) in [5, 5.41) is 3.93. The Morgan fingerprint density at radius 1 is 1.53 bits per heavy atom. The minimum atomic E-state index is -0.664. The molecule has 0 fully saturated rings. The van der Waals surface area contributed by atoms with Crippen molar-refractivity contribution in [3.63, 3.8) is 0 Å². The third-order valence-corrected chi connectivity index (χ3v) is 2.57. The Bertz CT molecular complexity index is 673. The summed E-state index contributed by atoms with van der Waals surface area (Å²) in [6.07, 6.45) is 4.41. The number of methoxy groups -OCH3 is 1. The van der Waals surface area contributed by atoms with Crippen LogP contribution in [0.15, 0.2) is 23.4 Å². The van der Waals surface area contributed by atoms with Gasteiger partial charge >= 0.3 is 5.97 Å². The van der Waals surface area contributed by atoms with Crippen LogP contribution < -0.4 is 11.3 Å². The summed E-state index contributed by atoms with van der Waals surface area (Å²) in [6, 6.07) is 0. The van der Waals surface area contributed by atoms with Crippen molar-refractivity contribution < 1.29 is 9.53 Å². The average Bonchev–Trinajstić information content (AvgIpc) is 2.80. The molecule has 2 heterocycles. The molecule has 19 heavy (non-hydrogen) atoms. The quantitative estimate of drug-likeness (QED) is 0.770. The van der Waals surface area contributed by atoms with E-state index in [9.17, 15) is 9.59 Å². The van der Waals surface area contributed by atoms with Crippen molar-refractivity contribution in [2.24, 2.45) is 0 Å². The van der Waals surface area contributed by atoms with Crippen LogP contribution in [0.25, 0.3) is 5.82 Å². The summed E-state index contributed by atoms with van der Waals surface area (Å²) in [5.74, 6) is -0.589. The maximum atomic E-state index is 12.0. The maximum Gasteiger partial charge on any atom is 0.360 e. The van der Waals surface area contributed by atoms with E-state index in [0.29, 0.717) is 6.54 Å². The summed E-state index contributed by atoms with van der Waals surface area (Å²) in [7, 11) is 1.23. The molecule has 0 radical (unpaired) electrons. The Balaban J connectivity index is 2.55. The van der Waals surface area contributed by atoms with Crippen LogP contribution in [-0.2, 0) is 11.3 Å². The molecule has 0 aromatic carbocycles. The second-order valence-corrected chi connectivity index (χ2v) is 3.71. The summed E-state index contributed by atoms with van der Waals surface area (Å²) >= 11 is 0. The van der Waals surface area contributed by atoms with Crippen molar-refractivity contribution in [3.05, 3.63) is 34.6 Å². The zero-order valence-electron chi connectivity index (χ0n) is 10.5. The summed E-state index contributed by atoms with van der Waals surface area (Å²) in [5.41, 5.74) is 5.42. The van der Waals surface area contributed by atoms with Crippen molar-refractivity contribution in [2.45, 2.75) is 13.5 Å². The number of esters is 1. The number of aryl methyl sites for hydroxylation is 1. The normalized spacial score (nSPS) is 10.4. The van der Waals surface area contributed by atoms with Crippen LogP contribution >= 0.6 is 0 Å². The SMILES string of the molecule is CCn1ccnc(-n2cc(N)c(C(=O)OC)n2)c1=O. The van der Waals surface area contributed by atoms with Gasteiger partial charge in [0.1, 0.15) is 0 Å². The molecule has 0 aliphatic heterocycles. The van der Waals surface area contributed by atoms with Crippen molar-refractivity contribution in [2.75, 3.05) is 12.8 Å². The highest BCUT2D eigenvalue weighted by molar-refractivity contribution is 5.92. The molecular formula is C11H13N5O3. The lowest BCUT2D eigenvalue weighted by Gasteiger charge is -2.03. The lowest BCUT2D eigenvalue weighted by molar-refractivity contribution is 0.0594. The Morgan fingerprint density at radius 3 is 2.89 bits per heavy atom. The fourth-order valence-electron chi connectivity index (χ4n) is 1.59. The molecule has 0 unspecified atom stereocenters. The van der Waals surface area contributed by atoms with Crippen LogP contribution in [-0.4, -0.2) is 32.4 Å². The van der Waals surface area contributed by atoms with Gasteiger partial charge in [0.25, 0.3) is 5.56 Å². The van der Waals surface area contributed by atoms with Gasteiger partial charge in [0.05, 0.1) is 19.0 Å². The third kappa shape index (κ3) is 2.19. The highest BCUT2D eigenvalue weighted by Gasteiger charge is 2.17. The fourth-order valence-corrected chi connectivity index (χ4v) is 1.59. The largest absolute Gasteiger partial charge is 0.464 e. The van der Waals surface area contributed by atoms with Crippen LogP contribution in [0, 0.1) is 0 Å². The lowest BCUT2D eigenvalue weighted by Crippen LogP contribution is -2.25. The number of carbonyl (C=O) groups excluding carboxylic acids is 1. The summed E-state index contributed by atoms with van der Waals surface area (Å²) in [4.78, 5) is 27.4. The Kier molecular flexibility index (Phi) is 3.32. The van der Waals surface area contributed by atoms with Gasteiger partial charge in [0.2, 0.25) is 5.82 Å². The zero-order chi connectivity index (χ0) is 14.0. The van der Waals surface area contributed by atoms with E-state index in [2.05, 4.69) is 14.8 Å². The molecule has 0 aliphatic carbocycles. The number of nitrogens with two attached hydrogens (primary N) is 1. The lowest BCUT2D eigenvalue weighted by atomic mass is 10.4. The van der Waals surface area contributed by atoms with Crippen LogP contribution in [0.2, 0.25) is 0 Å². The van der Waals surface area contributed by atoms with Crippen LogP contribution in [0.1, 0.15) is 17.4 Å². The fraction of sp³-hybridized carbons (Fsp3) is 0.273. The first kappa shape index (κ1) is 12.8. The van der Waals surface area contributed by atoms with E-state index in [4.69, 9.17) is 5.73 Å². The second-order valence-electron chi connectivity index (χ2n) is 3.71. The number of rotatable bonds is 3. The number of hydrogen-bond acceptors (Lipinski definition) is 6. The molecule has 2 N–H and O–H groups in total. The van der Waals surface area contributed by atoms with Gasteiger partial charge in [-0.1, -0.05) is 0 Å². The van der Waals surface area contributed by atoms with E-state index in [1.807, 2.05) is 6.92 Å². The van der Waals surface area contributed by atoms with Gasteiger partial charge in [-0.25, -0.2) is 14.5 Å². The smallest absolute Gasteiger partial charge is 0.360 e. The first-order valence-corrected chi connectivity index (χ1v) is 5.57. The first-order chi connectivity index (χ1) is 9.08. The molecule has 100 valence electrons. The van der Waals surface area contributed by atoms with E-state index in [-0.39, 0.29) is 22.8 Å². The van der Waals surface area contributed by atoms with E-state index in [1.54, 1.807) is 6.20 Å². The van der Waals surface area contributed by atoms with Gasteiger partial charge in [-0.15, -0.1) is 0 Å². The molecule has 0 atom stereocenters. The Morgan fingerprint density at radius 2 is 2.26 bits per heavy atom. The summed E-state index contributed by atoms with van der Waals surface area (Å²) in [6.45, 7) is 2.34. The average molecular weight is 263 g/mol. The molecule has 0 amide bonds. The molecule has 2 aromatic rings. The van der Waals surface area contributed by atoms with E-state index < -0.39 is 5.97 Å². The number of hydrogen-bond donors (Lipinski definition) is 1. The number of carbonyl (C=O) groups is 1. The van der Waals surface area contributed by atoms with E-state index in [0.717, 1.165) is 0 Å². The molecule has 0 bridgehead atoms. The highest BCUT2D eigenvalue weighted by atomic mass is 16.5. The highest BCUT2D eigenvalue weighted by Crippen LogP contribution is 2.11. The third-order valence-electron chi connectivity index (χ3n) is 2.57. The molecule has 0 spiro atoms. The molecule has 0 aliphatic rings. The standard InChI is InChI=1S/C11H13N5O3/c1-3-15-5-4-13-9(10(15)17)16-6-7(12)8(14-16)11(18)19-2/h4-6H,3,12H2,1-2H3. The van der Waals surface area contributed by atoms with Gasteiger partial charge in [0, 0.05) is 18.9 Å². The molecule has 8 nitrogen and oxygen atoms in total. The van der Waals surface area contributed by atoms with Gasteiger partial charge in [0.15, 0.2) is 5.69 Å². The molecule has 2 aromatic heterocycles. The van der Waals surface area contributed by atoms with Gasteiger partial charge in [-0.2, -0.15) is 5.10 Å². The van der Waals surface area contributed by atoms with Crippen LogP contribution in [0.4, 0.5) is 5.69 Å². The van der Waals surface area contributed by atoms with Crippen molar-refractivity contribution in [3.8, 4) is 5.82 Å². The number of nitrogens with zero attached hydrogens (tertiary/aromatic N) is 4. The van der Waals surface area contributed by atoms with Gasteiger partial charge in [-0.05, 0) is 6.92 Å². The second kappa shape index (κ2) is 4.92. The van der Waals surface area contributed by atoms with Crippen molar-refractivity contribution >= 4 is 11.7 Å². The minimum Gasteiger partial charge on any atom is -0.464 e. The molecule has 0 saturated heterocycles. The number of nitrogen functional groups attached to an aromatic ring is 1. The van der Waals surface area contributed by atoms with E-state index in [1.165, 1.54) is 28.8 Å². The van der Waals surface area contributed by atoms with E-state index >= 15 is 0 Å².